The van der Waals surface area contributed by atoms with Crippen molar-refractivity contribution >= 4 is 11.9 Å². The van der Waals surface area contributed by atoms with Crippen molar-refractivity contribution in [3.8, 4) is 0 Å². The van der Waals surface area contributed by atoms with E-state index in [4.69, 9.17) is 18.9 Å². The average Bonchev–Trinajstić information content (AvgIpc) is 3.21. The Bertz CT molecular complexity index is 1580. The summed E-state index contributed by atoms with van der Waals surface area (Å²) in [7, 11) is 0. The molecule has 0 amide bonds. The number of hydrogen-bond donors (Lipinski definition) is 12. The van der Waals surface area contributed by atoms with E-state index in [1.807, 2.05) is 43.4 Å². The summed E-state index contributed by atoms with van der Waals surface area (Å²) in [6, 6.07) is 0. The van der Waals surface area contributed by atoms with Gasteiger partial charge in [0.25, 0.3) is 0 Å². The van der Waals surface area contributed by atoms with Crippen LogP contribution in [0.3, 0.4) is 0 Å². The number of carbonyl (C=O) groups is 2. The second-order valence-electron chi connectivity index (χ2n) is 17.4. The molecule has 64 heavy (non-hydrogen) atoms. The maximum atomic E-state index is 12.4. The average molecular weight is 913 g/mol. The van der Waals surface area contributed by atoms with E-state index in [-0.39, 0.29) is 44.6 Å². The van der Waals surface area contributed by atoms with Crippen molar-refractivity contribution in [3.05, 3.63) is 72.9 Å². The van der Waals surface area contributed by atoms with Crippen LogP contribution in [0.4, 0.5) is 0 Å². The van der Waals surface area contributed by atoms with Crippen molar-refractivity contribution in [3.63, 3.8) is 0 Å². The van der Waals surface area contributed by atoms with Crippen molar-refractivity contribution in [2.24, 2.45) is 17.8 Å². The number of cyclic esters (lactones) is 1. The standard InChI is InChI=1S/C46H72O18/c1-27-16-14-12-10-8-6-4-5-7-9-11-13-15-17-33(63-45-43(57)42(56)41(55)29(3)62-45)23-37-39(44(58)59)36(52)25-46(60,64-37)24-35(51)34(50)19-18-30(47)20-31(48)21-32(49)22-38(53)61-26-28(2)40(27)54/h4-5,7,9-17,27-37,39-43,45,47-52,54-57,60H,6,8,18-26H2,1-3H3,(H,58,59)/b5-4+,9-7+,12-10+,13-11+,16-14+,17-15+/t27-,28+,29-,30+,31+,32+,33+,34-,35+,36+,37-,39+,40-,41-,42+,43+,45+,46+/m1/s1. The number of esters is 1. The lowest BCUT2D eigenvalue weighted by atomic mass is 9.82. The first-order valence-corrected chi connectivity index (χ1v) is 22.1. The van der Waals surface area contributed by atoms with E-state index in [0.29, 0.717) is 0 Å². The smallest absolute Gasteiger partial charge is 0.311 e. The van der Waals surface area contributed by atoms with E-state index in [1.165, 1.54) is 13.0 Å². The molecule has 364 valence electrons. The predicted molar refractivity (Wildman–Crippen MR) is 231 cm³/mol. The molecule has 0 aromatic heterocycles. The maximum absolute atomic E-state index is 12.4. The number of carboxylic acid groups (broad SMARTS) is 1. The first-order chi connectivity index (χ1) is 30.2. The zero-order valence-electron chi connectivity index (χ0n) is 36.8. The summed E-state index contributed by atoms with van der Waals surface area (Å²) in [5.74, 6) is -6.84. The Labute approximate surface area is 374 Å². The summed E-state index contributed by atoms with van der Waals surface area (Å²) in [6.07, 6.45) is 0.221. The van der Waals surface area contributed by atoms with Gasteiger partial charge in [-0.3, -0.25) is 9.59 Å². The number of hydrogen-bond acceptors (Lipinski definition) is 17. The minimum Gasteiger partial charge on any atom is -0.481 e. The fourth-order valence-corrected chi connectivity index (χ4v) is 7.84. The molecule has 2 saturated heterocycles. The summed E-state index contributed by atoms with van der Waals surface area (Å²) in [6.45, 7) is 4.93. The molecule has 0 radical (unpaired) electrons. The minimum absolute atomic E-state index is 0.0899. The number of allylic oxidation sites excluding steroid dienone is 10. The molecule has 18 atom stereocenters. The Balaban J connectivity index is 1.83. The molecule has 0 spiro atoms. The molecule has 0 saturated carbocycles. The number of ether oxygens (including phenoxy) is 4. The number of carboxylic acids is 1. The highest BCUT2D eigenvalue weighted by atomic mass is 16.7. The Kier molecular flexibility index (Phi) is 23.7. The van der Waals surface area contributed by atoms with Crippen LogP contribution in [-0.4, -0.2) is 171 Å². The number of aliphatic hydroxyl groups excluding tert-OH is 10. The highest BCUT2D eigenvalue weighted by molar-refractivity contribution is 5.71. The van der Waals surface area contributed by atoms with Crippen LogP contribution in [0.2, 0.25) is 0 Å². The van der Waals surface area contributed by atoms with Gasteiger partial charge in [-0.05, 0) is 45.4 Å². The van der Waals surface area contributed by atoms with Crippen molar-refractivity contribution in [1.29, 1.82) is 0 Å². The fourth-order valence-electron chi connectivity index (χ4n) is 7.84. The monoisotopic (exact) mass is 912 g/mol. The van der Waals surface area contributed by atoms with Crippen molar-refractivity contribution in [2.45, 2.75) is 176 Å². The van der Waals surface area contributed by atoms with Gasteiger partial charge in [0.1, 0.15) is 24.2 Å². The van der Waals surface area contributed by atoms with Gasteiger partial charge >= 0.3 is 11.9 Å². The molecule has 0 aromatic rings. The van der Waals surface area contributed by atoms with Gasteiger partial charge < -0.3 is 80.2 Å². The van der Waals surface area contributed by atoms with E-state index in [2.05, 4.69) is 0 Å². The molecule has 18 heteroatoms. The van der Waals surface area contributed by atoms with E-state index in [0.717, 1.165) is 12.8 Å². The highest BCUT2D eigenvalue weighted by Gasteiger charge is 2.51. The number of aliphatic hydroxyl groups is 11. The van der Waals surface area contributed by atoms with E-state index in [9.17, 15) is 70.9 Å². The van der Waals surface area contributed by atoms with Crippen molar-refractivity contribution in [1.82, 2.24) is 0 Å². The van der Waals surface area contributed by atoms with Crippen LogP contribution in [0.1, 0.15) is 85.0 Å². The summed E-state index contributed by atoms with van der Waals surface area (Å²) < 4.78 is 22.7. The molecule has 2 bridgehead atoms. The summed E-state index contributed by atoms with van der Waals surface area (Å²) in [4.78, 5) is 24.8. The van der Waals surface area contributed by atoms with Gasteiger partial charge in [-0.2, -0.15) is 0 Å². The topological polar surface area (TPSA) is 314 Å². The van der Waals surface area contributed by atoms with Gasteiger partial charge in [0, 0.05) is 31.1 Å². The van der Waals surface area contributed by atoms with Gasteiger partial charge in [-0.1, -0.05) is 86.8 Å². The molecule has 0 aliphatic carbocycles. The van der Waals surface area contributed by atoms with E-state index in [1.54, 1.807) is 37.3 Å². The number of aliphatic carboxylic acids is 1. The molecule has 18 nitrogen and oxygen atoms in total. The van der Waals surface area contributed by atoms with Crippen molar-refractivity contribution < 1.29 is 89.8 Å². The largest absolute Gasteiger partial charge is 0.481 e. The summed E-state index contributed by atoms with van der Waals surface area (Å²) >= 11 is 0. The fraction of sp³-hybridized carbons (Fsp3) is 0.696. The quantitative estimate of drug-likeness (QED) is 0.172. The molecular weight excluding hydrogens is 840 g/mol. The Hall–Kier alpha value is -3.18. The van der Waals surface area contributed by atoms with Gasteiger partial charge in [-0.25, -0.2) is 0 Å². The van der Waals surface area contributed by atoms with Gasteiger partial charge in [0.15, 0.2) is 12.1 Å². The van der Waals surface area contributed by atoms with Crippen LogP contribution in [0.25, 0.3) is 0 Å². The second kappa shape index (κ2) is 27.5. The molecule has 3 rings (SSSR count). The molecule has 3 aliphatic rings. The first kappa shape index (κ1) is 55.1. The summed E-state index contributed by atoms with van der Waals surface area (Å²) in [5, 5.41) is 128. The van der Waals surface area contributed by atoms with Gasteiger partial charge in [-0.15, -0.1) is 0 Å². The van der Waals surface area contributed by atoms with Crippen molar-refractivity contribution in [2.75, 3.05) is 6.61 Å². The van der Waals surface area contributed by atoms with Crippen LogP contribution in [0.5, 0.6) is 0 Å². The van der Waals surface area contributed by atoms with Crippen LogP contribution >= 0.6 is 0 Å². The molecule has 12 N–H and O–H groups in total. The third-order valence-electron chi connectivity index (χ3n) is 11.6. The zero-order valence-corrected chi connectivity index (χ0v) is 36.8. The lowest BCUT2D eigenvalue weighted by molar-refractivity contribution is -0.316. The minimum atomic E-state index is -2.37. The van der Waals surface area contributed by atoms with Crippen LogP contribution in [0.15, 0.2) is 72.9 Å². The molecule has 0 aromatic carbocycles. The Morgan fingerprint density at radius 3 is 1.94 bits per heavy atom. The number of rotatable bonds is 3. The third-order valence-corrected chi connectivity index (χ3v) is 11.6. The number of carbonyl (C=O) groups excluding carboxylic acids is 1. The lowest BCUT2D eigenvalue weighted by Gasteiger charge is -2.45. The lowest BCUT2D eigenvalue weighted by Crippen LogP contribution is -2.58. The molecular formula is C46H72O18. The molecule has 0 unspecified atom stereocenters. The first-order valence-electron chi connectivity index (χ1n) is 22.1. The third kappa shape index (κ3) is 18.6. The normalized spacial score (nSPS) is 44.6. The molecule has 2 fully saturated rings. The second-order valence-corrected chi connectivity index (χ2v) is 17.4. The van der Waals surface area contributed by atoms with Crippen LogP contribution < -0.4 is 0 Å². The number of fused-ring (bicyclic) bond motifs is 2. The predicted octanol–water partition coefficient (Wildman–Crippen LogP) is 0.581. The summed E-state index contributed by atoms with van der Waals surface area (Å²) in [5.41, 5.74) is 0. The van der Waals surface area contributed by atoms with Crippen LogP contribution in [0, 0.1) is 17.8 Å². The molecule has 3 aliphatic heterocycles. The van der Waals surface area contributed by atoms with Gasteiger partial charge in [0.2, 0.25) is 0 Å². The zero-order chi connectivity index (χ0) is 47.6. The van der Waals surface area contributed by atoms with E-state index < -0.39 is 134 Å². The maximum Gasteiger partial charge on any atom is 0.311 e. The van der Waals surface area contributed by atoms with Crippen LogP contribution in [-0.2, 0) is 28.5 Å². The SMILES string of the molecule is C[C@@H]1/C=C/C=C/CC/C=C/C=C/C=C/C=C/[C@H](O[C@@H]2O[C@H](C)[C@@H](O)[C@H](O)[C@@H]2O)C[C@H]2O[C@](O)(C[C@H](O)[C@@H]2C(=O)O)C[C@H](O)[C@H](O)CC[C@H](O)C[C@H](O)C[C@H](O)CC(=O)OC[C@H](C)[C@@H]1O. The molecule has 3 heterocycles. The Morgan fingerprint density at radius 1 is 0.672 bits per heavy atom. The van der Waals surface area contributed by atoms with Gasteiger partial charge in [0.05, 0.1) is 74.1 Å². The highest BCUT2D eigenvalue weighted by Crippen LogP contribution is 2.38. The van der Waals surface area contributed by atoms with E-state index >= 15 is 0 Å². The Morgan fingerprint density at radius 2 is 1.27 bits per heavy atom.